The molecule has 0 aliphatic rings. The second-order valence-corrected chi connectivity index (χ2v) is 8.63. The molecule has 0 aliphatic carbocycles. The van der Waals surface area contributed by atoms with Gasteiger partial charge in [0.2, 0.25) is 5.91 Å². The number of carbonyl (C=O) groups excluding carboxylic acids is 1. The fourth-order valence-corrected chi connectivity index (χ4v) is 4.68. The number of hydrogen-bond donors (Lipinski definition) is 0. The number of likely N-dealkylation sites (N-methyl/N-ethyl adjacent to an activating group) is 1. The molecule has 0 bridgehead atoms. The Morgan fingerprint density at radius 1 is 1.10 bits per heavy atom. The Labute approximate surface area is 184 Å². The summed E-state index contributed by atoms with van der Waals surface area (Å²) in [6.07, 6.45) is 0.335. The smallest absolute Gasteiger partial charge is 0.233 e. The van der Waals surface area contributed by atoms with Crippen molar-refractivity contribution in [1.29, 1.82) is 0 Å². The number of thiazole rings is 1. The molecule has 5 nitrogen and oxygen atoms in total. The lowest BCUT2D eigenvalue weighted by Crippen LogP contribution is -2.39. The maximum absolute atomic E-state index is 13.2. The number of hydrogen-bond acceptors (Lipinski definition) is 5. The lowest BCUT2D eigenvalue weighted by Gasteiger charge is -2.24. The quantitative estimate of drug-likeness (QED) is 0.437. The first-order chi connectivity index (χ1) is 14.0. The molecule has 1 heterocycles. The summed E-state index contributed by atoms with van der Waals surface area (Å²) in [4.78, 5) is 22.1. The molecule has 0 unspecified atom stereocenters. The van der Waals surface area contributed by atoms with Crippen molar-refractivity contribution in [3.63, 3.8) is 0 Å². The van der Waals surface area contributed by atoms with E-state index in [1.54, 1.807) is 18.4 Å². The van der Waals surface area contributed by atoms with Crippen molar-refractivity contribution in [2.45, 2.75) is 20.3 Å². The fraction of sp³-hybridized carbons (Fsp3) is 0.364. The maximum Gasteiger partial charge on any atom is 0.233 e. The number of carbonyl (C=O) groups is 1. The van der Waals surface area contributed by atoms with E-state index in [-0.39, 0.29) is 5.91 Å². The number of rotatable bonds is 9. The van der Waals surface area contributed by atoms with Gasteiger partial charge in [-0.1, -0.05) is 53.2 Å². The predicted molar refractivity (Wildman–Crippen MR) is 124 cm³/mol. The van der Waals surface area contributed by atoms with Gasteiger partial charge in [-0.25, -0.2) is 4.98 Å². The van der Waals surface area contributed by atoms with E-state index in [2.05, 4.69) is 34.7 Å². The van der Waals surface area contributed by atoms with E-state index in [9.17, 15) is 4.79 Å². The second-order valence-electron chi connectivity index (χ2n) is 6.71. The van der Waals surface area contributed by atoms with Gasteiger partial charge < -0.3 is 9.64 Å². The molecule has 3 aromatic rings. The third-order valence-electron chi connectivity index (χ3n) is 4.92. The summed E-state index contributed by atoms with van der Waals surface area (Å²) in [7, 11) is 1.64. The SMILES string of the molecule is CCN(CC)CCN(C(=O)Cc1ccc(OC)cc1)c1nc2ccc(Br)cc2s1. The number of anilines is 1. The van der Waals surface area contributed by atoms with Crippen LogP contribution in [0.25, 0.3) is 10.2 Å². The topological polar surface area (TPSA) is 45.7 Å². The molecule has 0 atom stereocenters. The minimum atomic E-state index is 0.0560. The molecule has 0 spiro atoms. The van der Waals surface area contributed by atoms with Crippen molar-refractivity contribution in [1.82, 2.24) is 9.88 Å². The van der Waals surface area contributed by atoms with Crippen LogP contribution in [0.2, 0.25) is 0 Å². The molecule has 0 radical (unpaired) electrons. The molecule has 1 aromatic heterocycles. The number of fused-ring (bicyclic) bond motifs is 1. The summed E-state index contributed by atoms with van der Waals surface area (Å²) in [6.45, 7) is 7.65. The summed E-state index contributed by atoms with van der Waals surface area (Å²) in [5, 5.41) is 0.753. The zero-order valence-electron chi connectivity index (χ0n) is 17.0. The molecule has 0 saturated carbocycles. The van der Waals surface area contributed by atoms with E-state index in [1.165, 1.54) is 0 Å². The van der Waals surface area contributed by atoms with Crippen molar-refractivity contribution >= 4 is 48.5 Å². The van der Waals surface area contributed by atoms with Gasteiger partial charge >= 0.3 is 0 Å². The molecule has 0 fully saturated rings. The maximum atomic E-state index is 13.2. The normalized spacial score (nSPS) is 11.2. The van der Waals surface area contributed by atoms with Crippen LogP contribution in [0.4, 0.5) is 5.13 Å². The third kappa shape index (κ3) is 5.56. The van der Waals surface area contributed by atoms with Crippen LogP contribution in [0.5, 0.6) is 5.75 Å². The van der Waals surface area contributed by atoms with Gasteiger partial charge in [-0.15, -0.1) is 0 Å². The van der Waals surface area contributed by atoms with Crippen LogP contribution in [0.3, 0.4) is 0 Å². The second kappa shape index (κ2) is 10.2. The molecular weight excluding hydrogens is 450 g/mol. The van der Waals surface area contributed by atoms with E-state index in [0.29, 0.717) is 13.0 Å². The molecule has 154 valence electrons. The highest BCUT2D eigenvalue weighted by Crippen LogP contribution is 2.31. The van der Waals surface area contributed by atoms with Crippen molar-refractivity contribution < 1.29 is 9.53 Å². The van der Waals surface area contributed by atoms with Crippen LogP contribution in [0, 0.1) is 0 Å². The Kier molecular flexibility index (Phi) is 7.64. The molecule has 0 aliphatic heterocycles. The molecule has 1 amide bonds. The molecule has 3 rings (SSSR count). The summed E-state index contributed by atoms with van der Waals surface area (Å²) in [5.74, 6) is 0.844. The van der Waals surface area contributed by atoms with E-state index in [1.807, 2.05) is 47.4 Å². The predicted octanol–water partition coefficient (Wildman–Crippen LogP) is 4.98. The zero-order valence-corrected chi connectivity index (χ0v) is 19.4. The van der Waals surface area contributed by atoms with E-state index >= 15 is 0 Å². The highest BCUT2D eigenvalue weighted by molar-refractivity contribution is 9.10. The van der Waals surface area contributed by atoms with Gasteiger partial charge in [-0.3, -0.25) is 9.69 Å². The number of methoxy groups -OCH3 is 1. The zero-order chi connectivity index (χ0) is 20.8. The molecule has 0 N–H and O–H groups in total. The lowest BCUT2D eigenvalue weighted by molar-refractivity contribution is -0.118. The lowest BCUT2D eigenvalue weighted by atomic mass is 10.1. The Hall–Kier alpha value is -1.96. The Bertz CT molecular complexity index is 954. The first-order valence-electron chi connectivity index (χ1n) is 9.75. The van der Waals surface area contributed by atoms with E-state index in [4.69, 9.17) is 9.72 Å². The number of nitrogens with zero attached hydrogens (tertiary/aromatic N) is 3. The molecule has 0 saturated heterocycles. The van der Waals surface area contributed by atoms with Crippen LogP contribution >= 0.6 is 27.3 Å². The highest BCUT2D eigenvalue weighted by Gasteiger charge is 2.21. The summed E-state index contributed by atoms with van der Waals surface area (Å²) >= 11 is 5.07. The minimum absolute atomic E-state index is 0.0560. The van der Waals surface area contributed by atoms with Gasteiger partial charge in [0.15, 0.2) is 5.13 Å². The highest BCUT2D eigenvalue weighted by atomic mass is 79.9. The first kappa shape index (κ1) is 21.7. The summed E-state index contributed by atoms with van der Waals surface area (Å²) in [5.41, 5.74) is 1.88. The van der Waals surface area contributed by atoms with Crippen molar-refractivity contribution in [2.75, 3.05) is 38.2 Å². The van der Waals surface area contributed by atoms with Gasteiger partial charge in [0.05, 0.1) is 23.7 Å². The van der Waals surface area contributed by atoms with E-state index < -0.39 is 0 Å². The Morgan fingerprint density at radius 3 is 2.48 bits per heavy atom. The van der Waals surface area contributed by atoms with Gasteiger partial charge in [0.25, 0.3) is 0 Å². The summed E-state index contributed by atoms with van der Waals surface area (Å²) in [6, 6.07) is 13.7. The van der Waals surface area contributed by atoms with Crippen molar-refractivity contribution in [3.8, 4) is 5.75 Å². The third-order valence-corrected chi connectivity index (χ3v) is 6.45. The number of amides is 1. The summed E-state index contributed by atoms with van der Waals surface area (Å²) < 4.78 is 7.29. The van der Waals surface area contributed by atoms with Crippen LogP contribution in [0.1, 0.15) is 19.4 Å². The standard InChI is InChI=1S/C22H26BrN3O2S/c1-4-25(5-2)12-13-26(21(27)14-16-6-9-18(28-3)10-7-16)22-24-19-11-8-17(23)15-20(19)29-22/h6-11,15H,4-5,12-14H2,1-3H3. The van der Waals surface area contributed by atoms with Gasteiger partial charge in [0, 0.05) is 17.6 Å². The molecular formula is C22H26BrN3O2S. The van der Waals surface area contributed by atoms with Crippen molar-refractivity contribution in [2.24, 2.45) is 0 Å². The largest absolute Gasteiger partial charge is 0.497 e. The molecule has 29 heavy (non-hydrogen) atoms. The molecule has 7 heteroatoms. The average molecular weight is 476 g/mol. The molecule has 2 aromatic carbocycles. The first-order valence-corrected chi connectivity index (χ1v) is 11.4. The number of ether oxygens (including phenoxy) is 1. The van der Waals surface area contributed by atoms with Crippen LogP contribution in [0.15, 0.2) is 46.9 Å². The van der Waals surface area contributed by atoms with Crippen LogP contribution in [-0.4, -0.2) is 49.1 Å². The van der Waals surface area contributed by atoms with Crippen molar-refractivity contribution in [3.05, 3.63) is 52.5 Å². The Balaban J connectivity index is 1.84. The minimum Gasteiger partial charge on any atom is -0.497 e. The van der Waals surface area contributed by atoms with E-state index in [0.717, 1.165) is 50.8 Å². The monoisotopic (exact) mass is 475 g/mol. The average Bonchev–Trinajstić information content (AvgIpc) is 3.14. The Morgan fingerprint density at radius 2 is 1.83 bits per heavy atom. The van der Waals surface area contributed by atoms with Crippen LogP contribution < -0.4 is 9.64 Å². The van der Waals surface area contributed by atoms with Gasteiger partial charge in [-0.2, -0.15) is 0 Å². The van der Waals surface area contributed by atoms with Gasteiger partial charge in [0.1, 0.15) is 5.75 Å². The number of aromatic nitrogens is 1. The van der Waals surface area contributed by atoms with Gasteiger partial charge in [-0.05, 0) is 49.0 Å². The van der Waals surface area contributed by atoms with Crippen LogP contribution in [-0.2, 0) is 11.2 Å². The number of benzene rings is 2. The number of halogens is 1. The fourth-order valence-electron chi connectivity index (χ4n) is 3.12.